The molecule has 0 fully saturated rings. The topological polar surface area (TPSA) is 817 Å². The zero-order chi connectivity index (χ0) is 95.0. The van der Waals surface area contributed by atoms with Crippen LogP contribution in [0.4, 0.5) is 0 Å². The molecule has 0 spiro atoms. The molecule has 0 unspecified atom stereocenters. The number of nitrogens with two attached hydrogens (primary N) is 3. The van der Waals surface area contributed by atoms with Crippen molar-refractivity contribution < 1.29 is 141 Å². The number of nitrogens with one attached hydrogen (secondary N) is 19. The number of rotatable bonds is 61. The van der Waals surface area contributed by atoms with Crippen LogP contribution < -0.4 is 118 Å². The van der Waals surface area contributed by atoms with E-state index in [2.05, 4.69) is 101 Å². The van der Waals surface area contributed by atoms with Crippen LogP contribution in [0.25, 0.3) is 0 Å². The summed E-state index contributed by atoms with van der Waals surface area (Å²) in [5.41, 5.74) is 15.9. The highest BCUT2D eigenvalue weighted by atomic mass is 16.4. The molecule has 0 saturated heterocycles. The number of amides is 21. The SMILES string of the molecule is CC[C@H](C)[C@H](NC(=O)[C@H](CC(C)C)NC(=O)CNC(=O)[C@@H](NC(=O)[C@H](CO)NC(=O)[C@@H](NC(=O)[C@@H](NC(=O)CNC(=O)CNC(=O)[C@H](C)NC(=O)[C@H](CCCCN)NC(=O)[C@H](CCC(=O)O)NC(=O)[C@H](CCC(=O)O)NC(=O)[C@H](CCC(N)=O)NC(=O)CNC(=O)[C@H](CC(=O)O)NC(C)=O)C(C)C)C(C)C)[C@@H](C)O)C(=O)NCC(=O)NCC(=O)NCC(N)=O. The van der Waals surface area contributed by atoms with Gasteiger partial charge in [0.05, 0.1) is 64.9 Å². The quantitative estimate of drug-likeness (QED) is 0.0251. The van der Waals surface area contributed by atoms with Crippen molar-refractivity contribution in [3.8, 4) is 0 Å². The van der Waals surface area contributed by atoms with Crippen LogP contribution in [0.1, 0.15) is 153 Å². The molecule has 0 saturated carbocycles. The van der Waals surface area contributed by atoms with Gasteiger partial charge in [0, 0.05) is 26.2 Å². The predicted octanol–water partition coefficient (Wildman–Crippen LogP) is -12.5. The van der Waals surface area contributed by atoms with Crippen LogP contribution in [0.2, 0.25) is 0 Å². The normalized spacial score (nSPS) is 14.3. The lowest BCUT2D eigenvalue weighted by molar-refractivity contribution is -0.141. The summed E-state index contributed by atoms with van der Waals surface area (Å²) in [6.45, 7) is 9.87. The van der Waals surface area contributed by atoms with E-state index in [-0.39, 0.29) is 38.1 Å². The van der Waals surface area contributed by atoms with Gasteiger partial charge in [-0.05, 0) is 89.0 Å². The molecule has 0 aliphatic rings. The molecule has 14 atom stereocenters. The van der Waals surface area contributed by atoms with Crippen LogP contribution in [-0.2, 0) is 115 Å². The van der Waals surface area contributed by atoms with Gasteiger partial charge in [0.15, 0.2) is 0 Å². The Morgan fingerprint density at radius 2 is 0.685 bits per heavy atom. The number of aliphatic hydroxyl groups excluding tert-OH is 2. The fraction of sp³-hybridized carbons (Fsp3) is 0.671. The molecule has 0 aliphatic heterocycles. The Balaban J connectivity index is 6.14. The van der Waals surface area contributed by atoms with Crippen molar-refractivity contribution in [3.05, 3.63) is 0 Å². The molecule has 51 heteroatoms. The van der Waals surface area contributed by atoms with Crippen molar-refractivity contribution in [2.75, 3.05) is 59.0 Å². The minimum absolute atomic E-state index is 0.00999. The van der Waals surface area contributed by atoms with Gasteiger partial charge >= 0.3 is 17.9 Å². The van der Waals surface area contributed by atoms with Crippen LogP contribution in [-0.4, -0.2) is 305 Å². The van der Waals surface area contributed by atoms with Gasteiger partial charge in [-0.3, -0.25) is 115 Å². The number of carboxylic acids is 3. The molecule has 21 amide bonds. The summed E-state index contributed by atoms with van der Waals surface area (Å²) in [4.78, 5) is 309. The first-order valence-corrected chi connectivity index (χ1v) is 39.6. The maximum Gasteiger partial charge on any atom is 0.305 e. The minimum Gasteiger partial charge on any atom is -0.481 e. The molecule has 30 N–H and O–H groups in total. The van der Waals surface area contributed by atoms with Crippen LogP contribution in [0, 0.1) is 23.7 Å². The third-order valence-corrected chi connectivity index (χ3v) is 17.9. The minimum atomic E-state index is -1.91. The first-order valence-electron chi connectivity index (χ1n) is 39.6. The molecule has 0 aliphatic carbocycles. The van der Waals surface area contributed by atoms with Gasteiger partial charge in [-0.2, -0.15) is 0 Å². The van der Waals surface area contributed by atoms with E-state index < -0.39 is 336 Å². The first-order chi connectivity index (χ1) is 57.9. The van der Waals surface area contributed by atoms with Crippen LogP contribution in [0.15, 0.2) is 0 Å². The van der Waals surface area contributed by atoms with Crippen molar-refractivity contribution in [3.63, 3.8) is 0 Å². The number of aliphatic hydroxyl groups is 2. The summed E-state index contributed by atoms with van der Waals surface area (Å²) in [5, 5.41) is 92.5. The van der Waals surface area contributed by atoms with Crippen LogP contribution in [0.3, 0.4) is 0 Å². The molecule has 0 radical (unpaired) electrons. The third kappa shape index (κ3) is 46.3. The predicted molar refractivity (Wildman–Crippen MR) is 429 cm³/mol. The Hall–Kier alpha value is -12.8. The number of carbonyl (C=O) groups is 24. The summed E-state index contributed by atoms with van der Waals surface area (Å²) in [7, 11) is 0. The molecule has 0 rings (SSSR count). The van der Waals surface area contributed by atoms with E-state index in [1.807, 2.05) is 0 Å². The molecule has 124 heavy (non-hydrogen) atoms. The number of primary amides is 2. The molecular formula is C73H122N22O29. The molecule has 51 nitrogen and oxygen atoms in total. The number of hydrogen-bond donors (Lipinski definition) is 27. The van der Waals surface area contributed by atoms with Crippen molar-refractivity contribution >= 4 is 142 Å². The lowest BCUT2D eigenvalue weighted by atomic mass is 9.96. The van der Waals surface area contributed by atoms with E-state index in [9.17, 15) is 135 Å². The molecule has 0 aromatic rings. The van der Waals surface area contributed by atoms with Crippen LogP contribution >= 0.6 is 0 Å². The number of unbranched alkanes of at least 4 members (excludes halogenated alkanes) is 1. The van der Waals surface area contributed by atoms with Gasteiger partial charge in [0.2, 0.25) is 124 Å². The second-order valence-corrected chi connectivity index (χ2v) is 29.8. The van der Waals surface area contributed by atoms with Crippen molar-refractivity contribution in [1.29, 1.82) is 0 Å². The number of carboxylic acid groups (broad SMARTS) is 3. The fourth-order valence-electron chi connectivity index (χ4n) is 10.9. The summed E-state index contributed by atoms with van der Waals surface area (Å²) < 4.78 is 0. The highest BCUT2D eigenvalue weighted by Crippen LogP contribution is 2.14. The Bertz CT molecular complexity index is 3750. The van der Waals surface area contributed by atoms with Crippen molar-refractivity contribution in [2.45, 2.75) is 232 Å². The van der Waals surface area contributed by atoms with Gasteiger partial charge in [-0.1, -0.05) is 61.8 Å². The van der Waals surface area contributed by atoms with Crippen molar-refractivity contribution in [1.82, 2.24) is 101 Å². The summed E-state index contributed by atoms with van der Waals surface area (Å²) in [6, 6.07) is -19.5. The Labute approximate surface area is 712 Å². The Morgan fingerprint density at radius 1 is 0.323 bits per heavy atom. The monoisotopic (exact) mass is 1770 g/mol. The third-order valence-electron chi connectivity index (χ3n) is 17.9. The van der Waals surface area contributed by atoms with Crippen LogP contribution in [0.5, 0.6) is 0 Å². The molecule has 0 heterocycles. The maximum atomic E-state index is 14.0. The van der Waals surface area contributed by atoms with E-state index >= 15 is 0 Å². The Morgan fingerprint density at radius 3 is 1.12 bits per heavy atom. The summed E-state index contributed by atoms with van der Waals surface area (Å²) in [6.07, 6.45) is -6.30. The maximum absolute atomic E-state index is 14.0. The van der Waals surface area contributed by atoms with E-state index in [1.54, 1.807) is 27.7 Å². The van der Waals surface area contributed by atoms with Gasteiger partial charge in [-0.15, -0.1) is 0 Å². The average Bonchev–Trinajstić information content (AvgIpc) is 0.858. The Kier molecular flexibility index (Phi) is 52.2. The lowest BCUT2D eigenvalue weighted by Crippen LogP contribution is -2.62. The van der Waals surface area contributed by atoms with E-state index in [0.717, 1.165) is 20.8 Å². The largest absolute Gasteiger partial charge is 0.481 e. The van der Waals surface area contributed by atoms with Crippen molar-refractivity contribution in [2.24, 2.45) is 40.9 Å². The fourth-order valence-corrected chi connectivity index (χ4v) is 10.9. The van der Waals surface area contributed by atoms with Gasteiger partial charge < -0.3 is 144 Å². The molecule has 0 bridgehead atoms. The highest BCUT2D eigenvalue weighted by Gasteiger charge is 2.38. The zero-order valence-electron chi connectivity index (χ0n) is 70.9. The lowest BCUT2D eigenvalue weighted by Gasteiger charge is -2.29. The number of carbonyl (C=O) groups excluding carboxylic acids is 21. The molecule has 0 aromatic heterocycles. The number of aliphatic carboxylic acids is 3. The van der Waals surface area contributed by atoms with Gasteiger partial charge in [0.1, 0.15) is 72.5 Å². The second-order valence-electron chi connectivity index (χ2n) is 29.8. The summed E-state index contributed by atoms with van der Waals surface area (Å²) >= 11 is 0. The molecular weight excluding hydrogens is 1650 g/mol. The first kappa shape index (κ1) is 111. The standard InChI is InChI=1S/C73H122N22O29/c1-12-36(8)60(70(121)82-28-51(103)78-26-49(101)77-25-48(76)100)94-68(119)44(23-33(2)3)87-53(105)31-83-71(122)61(38(10)97)95-69(120)46(32-96)91-72(123)59(35(6)7)93-73(124)58(34(4)5)92-54(106)29-79-50(102)27-80-62(113)37(9)84-64(115)40(15-13-14-22-74)88-66(117)42(17-20-55(107)108)90-67(118)43(18-21-56(109)110)89-65(116)41(16-19-47(75)99)86-52(104)30-81-63(114)45(24-57(111)112)85-39(11)98/h33-38,40-46,58-61,96-97H,12-32,74H2,1-11H3,(H2,75,99)(H2,76,100)(H,77,101)(H,78,103)(H,79,102)(H,80,113)(H,81,114)(H,82,121)(H,83,122)(H,84,115)(H,85,98)(H,86,104)(H,87,105)(H,88,117)(H,89,116)(H,90,118)(H,91,123)(H,92,106)(H,93,124)(H,94,119)(H,95,120)(H,107,108)(H,109,110)(H,111,112)/t36-,37-,38+,40-,41-,42-,43-,44-,45-,46-,58-,59-,60-,61-/m0/s1. The van der Waals surface area contributed by atoms with Gasteiger partial charge in [0.25, 0.3) is 0 Å². The smallest absolute Gasteiger partial charge is 0.305 e. The highest BCUT2D eigenvalue weighted by molar-refractivity contribution is 6.01. The average molecular weight is 1770 g/mol. The van der Waals surface area contributed by atoms with E-state index in [4.69, 9.17) is 22.3 Å². The van der Waals surface area contributed by atoms with E-state index in [0.29, 0.717) is 6.42 Å². The second kappa shape index (κ2) is 58.2. The zero-order valence-corrected chi connectivity index (χ0v) is 70.9. The summed E-state index contributed by atoms with van der Waals surface area (Å²) in [5.74, 6) is -28.0. The van der Waals surface area contributed by atoms with E-state index in [1.165, 1.54) is 27.7 Å². The molecule has 698 valence electrons. The molecule has 0 aromatic carbocycles. The number of hydrogen-bond acceptors (Lipinski definition) is 27. The van der Waals surface area contributed by atoms with Gasteiger partial charge in [-0.25, -0.2) is 0 Å².